The van der Waals surface area contributed by atoms with E-state index >= 15 is 0 Å². The number of imidazole rings is 1. The molecule has 10 heteroatoms. The van der Waals surface area contributed by atoms with Crippen LogP contribution in [0.3, 0.4) is 0 Å². The van der Waals surface area contributed by atoms with E-state index in [1.807, 2.05) is 11.8 Å². The lowest BCUT2D eigenvalue weighted by molar-refractivity contribution is 0.0968. The van der Waals surface area contributed by atoms with Gasteiger partial charge in [-0.2, -0.15) is 4.98 Å². The third-order valence-corrected chi connectivity index (χ3v) is 6.14. The van der Waals surface area contributed by atoms with Crippen molar-refractivity contribution in [2.75, 3.05) is 24.6 Å². The van der Waals surface area contributed by atoms with Gasteiger partial charge in [0, 0.05) is 31.7 Å². The van der Waals surface area contributed by atoms with E-state index in [9.17, 15) is 14.4 Å². The minimum absolute atomic E-state index is 0.000165. The predicted molar refractivity (Wildman–Crippen MR) is 134 cm³/mol. The van der Waals surface area contributed by atoms with Gasteiger partial charge in [-0.05, 0) is 38.8 Å². The highest BCUT2D eigenvalue weighted by Crippen LogP contribution is 2.23. The number of rotatable bonds is 7. The third-order valence-electron chi connectivity index (χ3n) is 6.14. The van der Waals surface area contributed by atoms with Crippen LogP contribution in [0.25, 0.3) is 11.2 Å². The summed E-state index contributed by atoms with van der Waals surface area (Å²) in [6, 6.07) is 6.70. The maximum absolute atomic E-state index is 13.6. The summed E-state index contributed by atoms with van der Waals surface area (Å²) in [5.41, 5.74) is 5.85. The fourth-order valence-electron chi connectivity index (χ4n) is 4.40. The molecule has 3 aromatic rings. The Hall–Kier alpha value is -3.84. The first kappa shape index (κ1) is 24.3. The summed E-state index contributed by atoms with van der Waals surface area (Å²) in [6.45, 7) is 5.21. The van der Waals surface area contributed by atoms with Crippen LogP contribution in [0.15, 0.2) is 33.9 Å². The summed E-state index contributed by atoms with van der Waals surface area (Å²) in [4.78, 5) is 46.5. The van der Waals surface area contributed by atoms with Crippen molar-refractivity contribution in [3.05, 3.63) is 50.7 Å². The number of aryl methyl sites for hydroxylation is 1. The highest BCUT2D eigenvalue weighted by Gasteiger charge is 2.26. The molecule has 10 nitrogen and oxygen atoms in total. The minimum atomic E-state index is -0.607. The number of hydrogen-bond acceptors (Lipinski definition) is 7. The van der Waals surface area contributed by atoms with Crippen LogP contribution < -0.4 is 26.6 Å². The molecule has 1 atom stereocenters. The molecule has 35 heavy (non-hydrogen) atoms. The summed E-state index contributed by atoms with van der Waals surface area (Å²) in [5.74, 6) is 6.59. The fourth-order valence-corrected chi connectivity index (χ4v) is 4.40. The van der Waals surface area contributed by atoms with E-state index in [1.165, 1.54) is 4.57 Å². The Kier molecular flexibility index (Phi) is 7.07. The van der Waals surface area contributed by atoms with Gasteiger partial charge < -0.3 is 15.4 Å². The topological polar surface area (TPSA) is 117 Å². The average molecular weight is 479 g/mol. The standard InChI is InChI=1S/C25H30N6O4/c1-4-6-13-30-21-22(27-24(30)29-12-8-10-18(26)15-29)28(3)25(34)31(23(21)33)16-20(32)17-9-7-11-19(14-17)35-5-2/h7,9,11,14,18H,5,8,10,12-13,15-16,26H2,1-3H3/t18-/m1/s1. The van der Waals surface area contributed by atoms with Crippen LogP contribution in [0.2, 0.25) is 0 Å². The smallest absolute Gasteiger partial charge is 0.332 e. The number of nitrogens with two attached hydrogens (primary N) is 1. The maximum Gasteiger partial charge on any atom is 0.332 e. The Morgan fingerprint density at radius 1 is 1.29 bits per heavy atom. The van der Waals surface area contributed by atoms with Gasteiger partial charge in [-0.3, -0.25) is 23.3 Å². The number of ketones is 1. The number of ether oxygens (including phenoxy) is 1. The van der Waals surface area contributed by atoms with E-state index in [1.54, 1.807) is 42.8 Å². The van der Waals surface area contributed by atoms with Crippen LogP contribution in [-0.2, 0) is 20.1 Å². The fraction of sp³-hybridized carbons (Fsp3) is 0.440. The average Bonchev–Trinajstić information content (AvgIpc) is 3.24. The van der Waals surface area contributed by atoms with Crippen LogP contribution in [-0.4, -0.2) is 50.2 Å². The summed E-state index contributed by atoms with van der Waals surface area (Å²) < 4.78 is 9.46. The molecule has 4 rings (SSSR count). The number of benzene rings is 1. The Labute approximate surface area is 202 Å². The van der Waals surface area contributed by atoms with Crippen LogP contribution in [0.4, 0.5) is 5.95 Å². The van der Waals surface area contributed by atoms with E-state index in [-0.39, 0.29) is 29.5 Å². The number of aromatic nitrogens is 4. The Balaban J connectivity index is 1.83. The Morgan fingerprint density at radius 2 is 2.09 bits per heavy atom. The summed E-state index contributed by atoms with van der Waals surface area (Å²) in [6.07, 6.45) is 1.83. The van der Waals surface area contributed by atoms with E-state index in [0.29, 0.717) is 30.4 Å². The Bertz CT molecular complexity index is 1440. The third kappa shape index (κ3) is 4.72. The van der Waals surface area contributed by atoms with E-state index in [2.05, 4.69) is 16.8 Å². The molecule has 1 saturated heterocycles. The molecule has 0 aliphatic carbocycles. The highest BCUT2D eigenvalue weighted by atomic mass is 16.5. The molecule has 0 spiro atoms. The molecule has 184 valence electrons. The van der Waals surface area contributed by atoms with Crippen LogP contribution in [0.1, 0.15) is 37.0 Å². The van der Waals surface area contributed by atoms with Crippen molar-refractivity contribution in [3.63, 3.8) is 0 Å². The van der Waals surface area contributed by atoms with Gasteiger partial charge in [0.1, 0.15) is 5.75 Å². The highest BCUT2D eigenvalue weighted by molar-refractivity contribution is 5.96. The molecule has 0 unspecified atom stereocenters. The largest absolute Gasteiger partial charge is 0.494 e. The lowest BCUT2D eigenvalue weighted by Crippen LogP contribution is -2.44. The lowest BCUT2D eigenvalue weighted by atomic mass is 10.1. The van der Waals surface area contributed by atoms with Crippen molar-refractivity contribution >= 4 is 22.9 Å². The monoisotopic (exact) mass is 478 g/mol. The van der Waals surface area contributed by atoms with Crippen molar-refractivity contribution in [1.29, 1.82) is 0 Å². The van der Waals surface area contributed by atoms with E-state index in [0.717, 1.165) is 24.0 Å². The molecular formula is C25H30N6O4. The van der Waals surface area contributed by atoms with Gasteiger partial charge in [-0.15, -0.1) is 5.92 Å². The zero-order valence-electron chi connectivity index (χ0n) is 20.3. The first-order chi connectivity index (χ1) is 16.8. The van der Waals surface area contributed by atoms with Gasteiger partial charge >= 0.3 is 5.69 Å². The second-order valence-electron chi connectivity index (χ2n) is 8.56. The van der Waals surface area contributed by atoms with Crippen LogP contribution in [0.5, 0.6) is 5.75 Å². The number of fused-ring (bicyclic) bond motifs is 1. The molecule has 0 saturated carbocycles. The van der Waals surface area contributed by atoms with Crippen molar-refractivity contribution in [1.82, 2.24) is 18.7 Å². The summed E-state index contributed by atoms with van der Waals surface area (Å²) >= 11 is 0. The number of nitrogens with zero attached hydrogens (tertiary/aromatic N) is 5. The maximum atomic E-state index is 13.6. The number of Topliss-reactive ketones (excluding diaryl/α,β-unsaturated/α-hetero) is 1. The molecule has 1 fully saturated rings. The second kappa shape index (κ2) is 10.2. The van der Waals surface area contributed by atoms with Gasteiger partial charge in [-0.25, -0.2) is 4.79 Å². The van der Waals surface area contributed by atoms with Gasteiger partial charge in [0.15, 0.2) is 16.9 Å². The number of anilines is 1. The zero-order chi connectivity index (χ0) is 25.1. The van der Waals surface area contributed by atoms with Crippen LogP contribution >= 0.6 is 0 Å². The van der Waals surface area contributed by atoms with Gasteiger partial charge in [0.2, 0.25) is 5.95 Å². The number of hydrogen-bond donors (Lipinski definition) is 1. The van der Waals surface area contributed by atoms with Gasteiger partial charge in [-0.1, -0.05) is 18.1 Å². The van der Waals surface area contributed by atoms with E-state index in [4.69, 9.17) is 10.5 Å². The molecule has 0 bridgehead atoms. The number of carbonyl (C=O) groups is 1. The van der Waals surface area contributed by atoms with Gasteiger partial charge in [0.05, 0.1) is 19.7 Å². The Morgan fingerprint density at radius 3 is 2.80 bits per heavy atom. The minimum Gasteiger partial charge on any atom is -0.494 e. The summed E-state index contributed by atoms with van der Waals surface area (Å²) in [7, 11) is 1.55. The number of carbonyl (C=O) groups excluding carboxylic acids is 1. The normalized spacial score (nSPS) is 15.7. The molecule has 3 heterocycles. The van der Waals surface area contributed by atoms with Crippen LogP contribution in [0, 0.1) is 11.8 Å². The predicted octanol–water partition coefficient (Wildman–Crippen LogP) is 1.13. The first-order valence-corrected chi connectivity index (χ1v) is 11.7. The quantitative estimate of drug-likeness (QED) is 0.400. The van der Waals surface area contributed by atoms with Crippen molar-refractivity contribution in [3.8, 4) is 17.6 Å². The molecular weight excluding hydrogens is 448 g/mol. The molecule has 1 aliphatic heterocycles. The van der Waals surface area contributed by atoms with Crippen molar-refractivity contribution in [2.24, 2.45) is 12.8 Å². The van der Waals surface area contributed by atoms with Crippen molar-refractivity contribution < 1.29 is 9.53 Å². The summed E-state index contributed by atoms with van der Waals surface area (Å²) in [5, 5.41) is 0. The molecule has 2 N–H and O–H groups in total. The first-order valence-electron chi connectivity index (χ1n) is 11.7. The molecule has 1 aliphatic rings. The van der Waals surface area contributed by atoms with E-state index < -0.39 is 17.8 Å². The second-order valence-corrected chi connectivity index (χ2v) is 8.56. The lowest BCUT2D eigenvalue weighted by Gasteiger charge is -2.31. The molecule has 0 radical (unpaired) electrons. The van der Waals surface area contributed by atoms with Gasteiger partial charge in [0.25, 0.3) is 5.56 Å². The number of piperidine rings is 1. The molecule has 1 aromatic carbocycles. The zero-order valence-corrected chi connectivity index (χ0v) is 20.3. The molecule has 2 aromatic heterocycles. The molecule has 0 amide bonds. The van der Waals surface area contributed by atoms with Crippen molar-refractivity contribution in [2.45, 2.75) is 45.8 Å². The SMILES string of the molecule is CC#CCn1c(N2CCC[C@@H](N)C2)nc2c1c(=O)n(CC(=O)c1cccc(OCC)c1)c(=O)n2C.